The van der Waals surface area contributed by atoms with E-state index in [0.29, 0.717) is 4.47 Å². The van der Waals surface area contributed by atoms with Crippen molar-refractivity contribution in [3.8, 4) is 5.75 Å². The molecule has 2 aromatic rings. The lowest BCUT2D eigenvalue weighted by molar-refractivity contribution is -0.0641. The van der Waals surface area contributed by atoms with Crippen LogP contribution in [0.3, 0.4) is 0 Å². The second-order valence-electron chi connectivity index (χ2n) is 6.34. The Morgan fingerprint density at radius 3 is 2.57 bits per heavy atom. The minimum absolute atomic E-state index is 0.0182. The standard InChI is InChI=1S/C18H16BrFN2O5S/c1-21-16-7-4-13(8-15(16)20)27-17-9-22(10-18(17,24)11-23)28(25,26)14-5-2-12(19)3-6-14/h2-8,17,23-24H,9-11H2/t17-,18+/m0/s1. The quantitative estimate of drug-likeness (QED) is 0.654. The van der Waals surface area contributed by atoms with Crippen LogP contribution in [0.15, 0.2) is 51.8 Å². The Labute approximate surface area is 170 Å². The molecule has 2 N–H and O–H groups in total. The Kier molecular flexibility index (Phi) is 5.74. The van der Waals surface area contributed by atoms with E-state index >= 15 is 0 Å². The molecule has 0 radical (unpaired) electrons. The first-order chi connectivity index (χ1) is 13.2. The molecular weight excluding hydrogens is 455 g/mol. The molecule has 10 heteroatoms. The van der Waals surface area contributed by atoms with Crippen molar-refractivity contribution in [3.05, 3.63) is 64.2 Å². The normalized spacial score (nSPS) is 22.8. The van der Waals surface area contributed by atoms with Crippen LogP contribution >= 0.6 is 15.9 Å². The van der Waals surface area contributed by atoms with E-state index in [1.54, 1.807) is 12.1 Å². The molecule has 0 aliphatic carbocycles. The van der Waals surface area contributed by atoms with Gasteiger partial charge in [0.05, 0.1) is 24.6 Å². The molecule has 0 spiro atoms. The number of sulfonamides is 1. The summed E-state index contributed by atoms with van der Waals surface area (Å²) in [6, 6.07) is 9.56. The number of hydrogen-bond acceptors (Lipinski definition) is 5. The maximum absolute atomic E-state index is 13.8. The molecular formula is C18H16BrFN2O5S. The highest BCUT2D eigenvalue weighted by atomic mass is 79.9. The molecule has 2 atom stereocenters. The number of aliphatic hydroxyl groups excluding tert-OH is 1. The molecule has 0 bridgehead atoms. The van der Waals surface area contributed by atoms with Crippen molar-refractivity contribution in [2.24, 2.45) is 0 Å². The van der Waals surface area contributed by atoms with Gasteiger partial charge < -0.3 is 14.9 Å². The third-order valence-corrected chi connectivity index (χ3v) is 6.82. The van der Waals surface area contributed by atoms with Crippen LogP contribution in [0.25, 0.3) is 4.85 Å². The molecule has 3 rings (SSSR count). The van der Waals surface area contributed by atoms with Crippen LogP contribution < -0.4 is 4.74 Å². The number of rotatable bonds is 5. The van der Waals surface area contributed by atoms with E-state index in [9.17, 15) is 23.0 Å². The second-order valence-corrected chi connectivity index (χ2v) is 9.20. The summed E-state index contributed by atoms with van der Waals surface area (Å²) in [7, 11) is -3.93. The molecule has 0 saturated carbocycles. The van der Waals surface area contributed by atoms with Gasteiger partial charge in [-0.1, -0.05) is 15.9 Å². The fourth-order valence-electron chi connectivity index (χ4n) is 2.88. The van der Waals surface area contributed by atoms with Crippen molar-refractivity contribution in [1.29, 1.82) is 0 Å². The van der Waals surface area contributed by atoms with Gasteiger partial charge in [0.25, 0.3) is 0 Å². The summed E-state index contributed by atoms with van der Waals surface area (Å²) in [5.41, 5.74) is -2.05. The van der Waals surface area contributed by atoms with Crippen LogP contribution in [0.5, 0.6) is 5.75 Å². The van der Waals surface area contributed by atoms with Crippen LogP contribution in [-0.4, -0.2) is 54.3 Å². The molecule has 1 fully saturated rings. The Morgan fingerprint density at radius 2 is 2.00 bits per heavy atom. The Hall–Kier alpha value is -2.03. The van der Waals surface area contributed by atoms with E-state index in [1.165, 1.54) is 24.3 Å². The van der Waals surface area contributed by atoms with Crippen LogP contribution in [-0.2, 0) is 10.0 Å². The summed E-state index contributed by atoms with van der Waals surface area (Å²) in [5, 5.41) is 20.3. The maximum Gasteiger partial charge on any atom is 0.243 e. The first kappa shape index (κ1) is 20.7. The Balaban J connectivity index is 1.86. The fourth-order valence-corrected chi connectivity index (χ4v) is 4.65. The van der Waals surface area contributed by atoms with Gasteiger partial charge in [-0.05, 0) is 36.4 Å². The Bertz CT molecular complexity index is 1030. The summed E-state index contributed by atoms with van der Waals surface area (Å²) >= 11 is 3.24. The van der Waals surface area contributed by atoms with Crippen molar-refractivity contribution < 1.29 is 27.8 Å². The van der Waals surface area contributed by atoms with Crippen molar-refractivity contribution in [2.45, 2.75) is 16.6 Å². The first-order valence-corrected chi connectivity index (χ1v) is 10.4. The molecule has 28 heavy (non-hydrogen) atoms. The molecule has 0 amide bonds. The molecule has 2 aromatic carbocycles. The van der Waals surface area contributed by atoms with Gasteiger partial charge in [0.15, 0.2) is 0 Å². The monoisotopic (exact) mass is 470 g/mol. The van der Waals surface area contributed by atoms with Gasteiger partial charge in [0.1, 0.15) is 23.3 Å². The smallest absolute Gasteiger partial charge is 0.243 e. The van der Waals surface area contributed by atoms with Gasteiger partial charge in [-0.15, -0.1) is 0 Å². The van der Waals surface area contributed by atoms with E-state index in [1.807, 2.05) is 0 Å². The minimum Gasteiger partial charge on any atom is -0.486 e. The number of nitrogens with zero attached hydrogens (tertiary/aromatic N) is 2. The van der Waals surface area contributed by atoms with E-state index < -0.39 is 34.2 Å². The summed E-state index contributed by atoms with van der Waals surface area (Å²) in [6.07, 6.45) is -1.12. The summed E-state index contributed by atoms with van der Waals surface area (Å²) in [4.78, 5) is 3.04. The summed E-state index contributed by atoms with van der Waals surface area (Å²) < 4.78 is 46.8. The van der Waals surface area contributed by atoms with E-state index in [-0.39, 0.29) is 29.4 Å². The lowest BCUT2D eigenvalue weighted by Crippen LogP contribution is -2.48. The SMILES string of the molecule is [C-]#[N+]c1ccc(O[C@H]2CN(S(=O)(=O)c3ccc(Br)cc3)C[C@@]2(O)CO)cc1F. The molecule has 1 saturated heterocycles. The topological polar surface area (TPSA) is 91.4 Å². The highest BCUT2D eigenvalue weighted by Gasteiger charge is 2.50. The molecule has 0 aromatic heterocycles. The van der Waals surface area contributed by atoms with E-state index in [4.69, 9.17) is 11.3 Å². The van der Waals surface area contributed by atoms with Crippen LogP contribution in [0, 0.1) is 12.4 Å². The highest BCUT2D eigenvalue weighted by molar-refractivity contribution is 9.10. The number of hydrogen-bond donors (Lipinski definition) is 2. The minimum atomic E-state index is -3.93. The zero-order chi connectivity index (χ0) is 20.5. The van der Waals surface area contributed by atoms with Crippen molar-refractivity contribution in [1.82, 2.24) is 4.31 Å². The van der Waals surface area contributed by atoms with Gasteiger partial charge in [0, 0.05) is 17.1 Å². The lowest BCUT2D eigenvalue weighted by Gasteiger charge is -2.27. The van der Waals surface area contributed by atoms with E-state index in [2.05, 4.69) is 20.8 Å². The van der Waals surface area contributed by atoms with Gasteiger partial charge >= 0.3 is 0 Å². The average molecular weight is 471 g/mol. The van der Waals surface area contributed by atoms with Crippen molar-refractivity contribution in [2.75, 3.05) is 19.7 Å². The van der Waals surface area contributed by atoms with Crippen LogP contribution in [0.4, 0.5) is 10.1 Å². The number of halogens is 2. The molecule has 1 heterocycles. The summed E-state index contributed by atoms with van der Waals surface area (Å²) in [6.45, 7) is 5.50. The van der Waals surface area contributed by atoms with Gasteiger partial charge in [0.2, 0.25) is 15.7 Å². The molecule has 1 aliphatic rings. The third kappa shape index (κ3) is 3.90. The predicted molar refractivity (Wildman–Crippen MR) is 102 cm³/mol. The first-order valence-electron chi connectivity index (χ1n) is 8.12. The predicted octanol–water partition coefficient (Wildman–Crippen LogP) is 2.31. The maximum atomic E-state index is 13.8. The second kappa shape index (κ2) is 7.77. The van der Waals surface area contributed by atoms with Crippen molar-refractivity contribution in [3.63, 3.8) is 0 Å². The number of aliphatic hydroxyl groups is 2. The van der Waals surface area contributed by atoms with Crippen LogP contribution in [0.1, 0.15) is 0 Å². The number of ether oxygens (including phenoxy) is 1. The number of β-amino-alcohol motifs (C(OH)–C–C–N with tert-alkyl or cyclic N) is 1. The van der Waals surface area contributed by atoms with E-state index in [0.717, 1.165) is 10.4 Å². The molecule has 0 unspecified atom stereocenters. The lowest BCUT2D eigenvalue weighted by atomic mass is 10.0. The Morgan fingerprint density at radius 1 is 1.32 bits per heavy atom. The van der Waals surface area contributed by atoms with Gasteiger partial charge in [-0.2, -0.15) is 4.31 Å². The largest absolute Gasteiger partial charge is 0.486 e. The zero-order valence-corrected chi connectivity index (χ0v) is 16.8. The zero-order valence-electron chi connectivity index (χ0n) is 14.4. The molecule has 1 aliphatic heterocycles. The molecule has 7 nitrogen and oxygen atoms in total. The summed E-state index contributed by atoms with van der Waals surface area (Å²) in [5.74, 6) is -0.776. The fraction of sp³-hybridized carbons (Fsp3) is 0.278. The van der Waals surface area contributed by atoms with Gasteiger partial charge in [-0.3, -0.25) is 0 Å². The highest BCUT2D eigenvalue weighted by Crippen LogP contribution is 2.32. The van der Waals surface area contributed by atoms with Crippen LogP contribution in [0.2, 0.25) is 0 Å². The van der Waals surface area contributed by atoms with Crippen molar-refractivity contribution >= 4 is 31.6 Å². The van der Waals surface area contributed by atoms with Gasteiger partial charge in [-0.25, -0.2) is 17.7 Å². The third-order valence-electron chi connectivity index (χ3n) is 4.46. The molecule has 148 valence electrons. The average Bonchev–Trinajstić information content (AvgIpc) is 3.00. The number of benzene rings is 2.